The van der Waals surface area contributed by atoms with Crippen molar-refractivity contribution in [1.29, 1.82) is 0 Å². The Bertz CT molecular complexity index is 551. The maximum absolute atomic E-state index is 10.4. The summed E-state index contributed by atoms with van der Waals surface area (Å²) in [4.78, 5) is 14.4. The van der Waals surface area contributed by atoms with Crippen molar-refractivity contribution in [2.45, 2.75) is 26.2 Å². The number of aliphatic carboxylic acids is 1. The number of carboxylic acid groups (broad SMARTS) is 1. The van der Waals surface area contributed by atoms with Gasteiger partial charge in [-0.1, -0.05) is 0 Å². The van der Waals surface area contributed by atoms with E-state index in [2.05, 4.69) is 15.2 Å². The first-order valence-corrected chi connectivity index (χ1v) is 5.61. The molecule has 0 saturated carbocycles. The molecule has 94 valence electrons. The molecule has 1 N–H and O–H groups in total. The van der Waals surface area contributed by atoms with Crippen molar-refractivity contribution < 1.29 is 14.3 Å². The van der Waals surface area contributed by atoms with Crippen LogP contribution >= 0.6 is 0 Å². The number of aromatic nitrogens is 3. The number of rotatable bonds is 5. The third-order valence-electron chi connectivity index (χ3n) is 2.37. The van der Waals surface area contributed by atoms with Crippen LogP contribution in [0.3, 0.4) is 0 Å². The molecular formula is C12H13N3O3. The van der Waals surface area contributed by atoms with Crippen LogP contribution < -0.4 is 0 Å². The predicted molar refractivity (Wildman–Crippen MR) is 62.8 cm³/mol. The van der Waals surface area contributed by atoms with E-state index in [1.807, 2.05) is 13.0 Å². The second-order valence-corrected chi connectivity index (χ2v) is 4.00. The molecule has 0 unspecified atom stereocenters. The van der Waals surface area contributed by atoms with Gasteiger partial charge in [-0.25, -0.2) is 0 Å². The van der Waals surface area contributed by atoms with Crippen molar-refractivity contribution in [2.24, 2.45) is 0 Å². The van der Waals surface area contributed by atoms with Gasteiger partial charge in [-0.15, -0.1) is 10.2 Å². The Morgan fingerprint density at radius 3 is 2.94 bits per heavy atom. The first-order chi connectivity index (χ1) is 8.65. The molecule has 0 bridgehead atoms. The Hall–Kier alpha value is -2.24. The fraction of sp³-hybridized carbons (Fsp3) is 0.333. The third kappa shape index (κ3) is 3.13. The molecule has 2 rings (SSSR count). The molecule has 0 aliphatic carbocycles. The summed E-state index contributed by atoms with van der Waals surface area (Å²) >= 11 is 0. The van der Waals surface area contributed by atoms with Gasteiger partial charge in [-0.3, -0.25) is 9.78 Å². The smallest absolute Gasteiger partial charge is 0.303 e. The minimum Gasteiger partial charge on any atom is -0.481 e. The van der Waals surface area contributed by atoms with Gasteiger partial charge < -0.3 is 9.52 Å². The molecular weight excluding hydrogens is 234 g/mol. The summed E-state index contributed by atoms with van der Waals surface area (Å²) in [5.41, 5.74) is 1.78. The van der Waals surface area contributed by atoms with Gasteiger partial charge in [0.1, 0.15) is 0 Å². The molecule has 0 aromatic carbocycles. The van der Waals surface area contributed by atoms with Crippen LogP contribution in [0.5, 0.6) is 0 Å². The molecule has 0 radical (unpaired) electrons. The Kier molecular flexibility index (Phi) is 3.66. The van der Waals surface area contributed by atoms with E-state index in [0.717, 1.165) is 11.1 Å². The maximum atomic E-state index is 10.4. The van der Waals surface area contributed by atoms with Gasteiger partial charge in [0.15, 0.2) is 0 Å². The normalized spacial score (nSPS) is 10.5. The Balaban J connectivity index is 2.04. The van der Waals surface area contributed by atoms with E-state index in [1.54, 1.807) is 12.4 Å². The molecule has 0 spiro atoms. The van der Waals surface area contributed by atoms with E-state index in [-0.39, 0.29) is 6.42 Å². The molecule has 6 nitrogen and oxygen atoms in total. The summed E-state index contributed by atoms with van der Waals surface area (Å²) in [6.45, 7) is 1.93. The number of nitrogens with zero attached hydrogens (tertiary/aromatic N) is 3. The van der Waals surface area contributed by atoms with Crippen LogP contribution in [0.15, 0.2) is 22.9 Å². The van der Waals surface area contributed by atoms with Crippen LogP contribution in [-0.2, 0) is 11.2 Å². The van der Waals surface area contributed by atoms with Crippen LogP contribution in [-0.4, -0.2) is 26.3 Å². The SMILES string of the molecule is Cc1cncc(-c2nnc(CCCC(=O)O)o2)c1. The minimum absolute atomic E-state index is 0.101. The number of pyridine rings is 1. The van der Waals surface area contributed by atoms with Crippen molar-refractivity contribution in [3.8, 4) is 11.5 Å². The van der Waals surface area contributed by atoms with Gasteiger partial charge in [0, 0.05) is 25.2 Å². The molecule has 2 heterocycles. The molecule has 0 amide bonds. The molecule has 0 saturated heterocycles. The largest absolute Gasteiger partial charge is 0.481 e. The summed E-state index contributed by atoms with van der Waals surface area (Å²) in [7, 11) is 0. The Labute approximate surface area is 104 Å². The summed E-state index contributed by atoms with van der Waals surface area (Å²) in [5.74, 6) is 0.0434. The number of hydrogen-bond acceptors (Lipinski definition) is 5. The zero-order valence-corrected chi connectivity index (χ0v) is 9.96. The zero-order chi connectivity index (χ0) is 13.0. The van der Waals surface area contributed by atoms with Gasteiger partial charge in [0.25, 0.3) is 0 Å². The number of carboxylic acids is 1. The molecule has 0 atom stereocenters. The van der Waals surface area contributed by atoms with Crippen LogP contribution in [0.25, 0.3) is 11.5 Å². The zero-order valence-electron chi connectivity index (χ0n) is 9.96. The second kappa shape index (κ2) is 5.39. The lowest BCUT2D eigenvalue weighted by molar-refractivity contribution is -0.137. The fourth-order valence-corrected chi connectivity index (χ4v) is 1.53. The van der Waals surface area contributed by atoms with Crippen LogP contribution in [0.2, 0.25) is 0 Å². The van der Waals surface area contributed by atoms with E-state index in [1.165, 1.54) is 0 Å². The lowest BCUT2D eigenvalue weighted by Gasteiger charge is -1.95. The maximum Gasteiger partial charge on any atom is 0.303 e. The summed E-state index contributed by atoms with van der Waals surface area (Å²) in [6.07, 6.45) is 4.46. The molecule has 6 heteroatoms. The molecule has 0 aliphatic rings. The quantitative estimate of drug-likeness (QED) is 0.867. The van der Waals surface area contributed by atoms with E-state index in [0.29, 0.717) is 24.6 Å². The van der Waals surface area contributed by atoms with E-state index < -0.39 is 5.97 Å². The molecule has 0 fully saturated rings. The summed E-state index contributed by atoms with van der Waals surface area (Å²) in [5, 5.41) is 16.3. The van der Waals surface area contributed by atoms with Gasteiger partial charge in [0.2, 0.25) is 11.8 Å². The average Bonchev–Trinajstić information content (AvgIpc) is 2.77. The van der Waals surface area contributed by atoms with Crippen molar-refractivity contribution in [3.63, 3.8) is 0 Å². The van der Waals surface area contributed by atoms with Gasteiger partial charge >= 0.3 is 5.97 Å². The topological polar surface area (TPSA) is 89.1 Å². The highest BCUT2D eigenvalue weighted by Crippen LogP contribution is 2.18. The molecule has 0 aliphatic heterocycles. The number of carbonyl (C=O) groups is 1. The monoisotopic (exact) mass is 247 g/mol. The lowest BCUT2D eigenvalue weighted by Crippen LogP contribution is -1.95. The van der Waals surface area contributed by atoms with Crippen LogP contribution in [0, 0.1) is 6.92 Å². The standard InChI is InChI=1S/C12H13N3O3/c1-8-5-9(7-13-6-8)12-15-14-10(18-12)3-2-4-11(16)17/h5-7H,2-4H2,1H3,(H,16,17). The second-order valence-electron chi connectivity index (χ2n) is 4.00. The van der Waals surface area contributed by atoms with Crippen molar-refractivity contribution in [2.75, 3.05) is 0 Å². The Morgan fingerprint density at radius 2 is 2.22 bits per heavy atom. The van der Waals surface area contributed by atoms with Crippen LogP contribution in [0.4, 0.5) is 0 Å². The minimum atomic E-state index is -0.822. The summed E-state index contributed by atoms with van der Waals surface area (Å²) in [6, 6.07) is 1.90. The highest BCUT2D eigenvalue weighted by molar-refractivity contribution is 5.66. The highest BCUT2D eigenvalue weighted by atomic mass is 16.4. The van der Waals surface area contributed by atoms with Gasteiger partial charge in [0.05, 0.1) is 5.56 Å². The first-order valence-electron chi connectivity index (χ1n) is 5.61. The predicted octanol–water partition coefficient (Wildman–Crippen LogP) is 1.85. The third-order valence-corrected chi connectivity index (χ3v) is 2.37. The molecule has 18 heavy (non-hydrogen) atoms. The van der Waals surface area contributed by atoms with Crippen molar-refractivity contribution in [1.82, 2.24) is 15.2 Å². The van der Waals surface area contributed by atoms with Crippen LogP contribution in [0.1, 0.15) is 24.3 Å². The lowest BCUT2D eigenvalue weighted by atomic mass is 10.2. The van der Waals surface area contributed by atoms with Gasteiger partial charge in [-0.05, 0) is 25.0 Å². The fourth-order valence-electron chi connectivity index (χ4n) is 1.53. The molecule has 2 aromatic heterocycles. The molecule has 2 aromatic rings. The van der Waals surface area contributed by atoms with E-state index in [9.17, 15) is 4.79 Å². The summed E-state index contributed by atoms with van der Waals surface area (Å²) < 4.78 is 5.45. The number of aryl methyl sites for hydroxylation is 2. The highest BCUT2D eigenvalue weighted by Gasteiger charge is 2.09. The van der Waals surface area contributed by atoms with E-state index in [4.69, 9.17) is 9.52 Å². The number of hydrogen-bond donors (Lipinski definition) is 1. The first kappa shape index (κ1) is 12.2. The van der Waals surface area contributed by atoms with Crippen molar-refractivity contribution >= 4 is 5.97 Å². The van der Waals surface area contributed by atoms with Gasteiger partial charge in [-0.2, -0.15) is 0 Å². The Morgan fingerprint density at radius 1 is 1.39 bits per heavy atom. The average molecular weight is 247 g/mol. The van der Waals surface area contributed by atoms with E-state index >= 15 is 0 Å². The van der Waals surface area contributed by atoms with Crippen molar-refractivity contribution in [3.05, 3.63) is 29.9 Å².